The van der Waals surface area contributed by atoms with Crippen molar-refractivity contribution in [3.05, 3.63) is 58.6 Å². The minimum Gasteiger partial charge on any atom is -0.356 e. The Morgan fingerprint density at radius 2 is 1.94 bits per heavy atom. The van der Waals surface area contributed by atoms with E-state index in [0.29, 0.717) is 16.8 Å². The highest BCUT2D eigenvalue weighted by atomic mass is 16.6. The molecule has 3 rings (SSSR count). The Kier molecular flexibility index (Phi) is 2.30. The van der Waals surface area contributed by atoms with Crippen LogP contribution in [0.5, 0.6) is 0 Å². The molecule has 0 N–H and O–H groups in total. The number of hydrogen-bond donors (Lipinski definition) is 0. The molecular formula is C13H8N2O3. The van der Waals surface area contributed by atoms with Gasteiger partial charge in [-0.2, -0.15) is 0 Å². The molecule has 0 aliphatic carbocycles. The third-order valence-corrected chi connectivity index (χ3v) is 2.71. The van der Waals surface area contributed by atoms with Gasteiger partial charge in [0.25, 0.3) is 5.69 Å². The first-order valence-corrected chi connectivity index (χ1v) is 5.35. The van der Waals surface area contributed by atoms with Gasteiger partial charge in [0.15, 0.2) is 5.58 Å². The van der Waals surface area contributed by atoms with Crippen molar-refractivity contribution in [1.29, 1.82) is 0 Å². The molecule has 0 atom stereocenters. The molecular weight excluding hydrogens is 232 g/mol. The third-order valence-electron chi connectivity index (χ3n) is 2.71. The maximum Gasteiger partial charge on any atom is 0.270 e. The normalized spacial score (nSPS) is 10.7. The van der Waals surface area contributed by atoms with E-state index in [4.69, 9.17) is 4.52 Å². The SMILES string of the molecule is O=[N+]([O-])c1cccc(-c2noc3ccccc23)c1. The van der Waals surface area contributed by atoms with E-state index in [1.54, 1.807) is 12.1 Å². The fourth-order valence-corrected chi connectivity index (χ4v) is 1.86. The van der Waals surface area contributed by atoms with Gasteiger partial charge < -0.3 is 4.52 Å². The Bertz CT molecular complexity index is 734. The van der Waals surface area contributed by atoms with Crippen LogP contribution < -0.4 is 0 Å². The highest BCUT2D eigenvalue weighted by molar-refractivity contribution is 5.91. The molecule has 0 saturated heterocycles. The van der Waals surface area contributed by atoms with Crippen LogP contribution in [0.25, 0.3) is 22.2 Å². The summed E-state index contributed by atoms with van der Waals surface area (Å²) in [5.41, 5.74) is 2.00. The summed E-state index contributed by atoms with van der Waals surface area (Å²) in [6.07, 6.45) is 0. The second kappa shape index (κ2) is 3.96. The summed E-state index contributed by atoms with van der Waals surface area (Å²) < 4.78 is 5.18. The largest absolute Gasteiger partial charge is 0.356 e. The van der Waals surface area contributed by atoms with Crippen molar-refractivity contribution in [2.75, 3.05) is 0 Å². The second-order valence-electron chi connectivity index (χ2n) is 3.83. The van der Waals surface area contributed by atoms with E-state index in [-0.39, 0.29) is 5.69 Å². The molecule has 0 saturated carbocycles. The molecule has 0 spiro atoms. The highest BCUT2D eigenvalue weighted by Crippen LogP contribution is 2.29. The van der Waals surface area contributed by atoms with Crippen molar-refractivity contribution in [3.8, 4) is 11.3 Å². The molecule has 2 aromatic carbocycles. The standard InChI is InChI=1S/C13H8N2O3/c16-15(17)10-5-3-4-9(8-10)13-11-6-1-2-7-12(11)18-14-13/h1-8H. The van der Waals surface area contributed by atoms with Crippen LogP contribution in [0.1, 0.15) is 0 Å². The second-order valence-corrected chi connectivity index (χ2v) is 3.83. The topological polar surface area (TPSA) is 69.2 Å². The Morgan fingerprint density at radius 3 is 2.78 bits per heavy atom. The van der Waals surface area contributed by atoms with Gasteiger partial charge in [-0.15, -0.1) is 0 Å². The average Bonchev–Trinajstić information content (AvgIpc) is 2.82. The zero-order valence-corrected chi connectivity index (χ0v) is 9.24. The number of rotatable bonds is 2. The first kappa shape index (κ1) is 10.5. The number of benzene rings is 2. The van der Waals surface area contributed by atoms with E-state index in [2.05, 4.69) is 5.16 Å². The van der Waals surface area contributed by atoms with E-state index in [0.717, 1.165) is 5.39 Å². The molecule has 0 unspecified atom stereocenters. The maximum atomic E-state index is 10.7. The van der Waals surface area contributed by atoms with Crippen LogP contribution in [0.2, 0.25) is 0 Å². The van der Waals surface area contributed by atoms with Gasteiger partial charge >= 0.3 is 0 Å². The molecule has 0 aliphatic rings. The van der Waals surface area contributed by atoms with Gasteiger partial charge in [-0.25, -0.2) is 0 Å². The average molecular weight is 240 g/mol. The first-order valence-electron chi connectivity index (χ1n) is 5.35. The van der Waals surface area contributed by atoms with E-state index in [1.807, 2.05) is 24.3 Å². The predicted octanol–water partition coefficient (Wildman–Crippen LogP) is 3.40. The Hall–Kier alpha value is -2.69. The quantitative estimate of drug-likeness (QED) is 0.508. The fraction of sp³-hybridized carbons (Fsp3) is 0. The van der Waals surface area contributed by atoms with Crippen LogP contribution in [-0.4, -0.2) is 10.1 Å². The van der Waals surface area contributed by atoms with Gasteiger partial charge in [0.2, 0.25) is 0 Å². The lowest BCUT2D eigenvalue weighted by atomic mass is 10.1. The van der Waals surface area contributed by atoms with Crippen molar-refractivity contribution >= 4 is 16.7 Å². The van der Waals surface area contributed by atoms with Gasteiger partial charge in [0.1, 0.15) is 5.69 Å². The van der Waals surface area contributed by atoms with Crippen molar-refractivity contribution in [1.82, 2.24) is 5.16 Å². The molecule has 5 nitrogen and oxygen atoms in total. The van der Waals surface area contributed by atoms with Gasteiger partial charge in [-0.1, -0.05) is 29.4 Å². The van der Waals surface area contributed by atoms with E-state index in [9.17, 15) is 10.1 Å². The van der Waals surface area contributed by atoms with Crippen LogP contribution in [0, 0.1) is 10.1 Å². The van der Waals surface area contributed by atoms with Gasteiger partial charge in [-0.3, -0.25) is 10.1 Å². The minimum atomic E-state index is -0.425. The molecule has 5 heteroatoms. The minimum absolute atomic E-state index is 0.0413. The summed E-state index contributed by atoms with van der Waals surface area (Å²) in [4.78, 5) is 10.3. The maximum absolute atomic E-state index is 10.7. The van der Waals surface area contributed by atoms with Crippen LogP contribution in [0.3, 0.4) is 0 Å². The van der Waals surface area contributed by atoms with Gasteiger partial charge in [-0.05, 0) is 12.1 Å². The summed E-state index contributed by atoms with van der Waals surface area (Å²) in [6.45, 7) is 0. The zero-order valence-electron chi connectivity index (χ0n) is 9.24. The number of nitrogens with zero attached hydrogens (tertiary/aromatic N) is 2. The Balaban J connectivity index is 2.20. The smallest absolute Gasteiger partial charge is 0.270 e. The fourth-order valence-electron chi connectivity index (χ4n) is 1.86. The monoisotopic (exact) mass is 240 g/mol. The van der Waals surface area contributed by atoms with Crippen LogP contribution in [0.4, 0.5) is 5.69 Å². The molecule has 1 aromatic heterocycles. The summed E-state index contributed by atoms with van der Waals surface area (Å²) in [7, 11) is 0. The number of para-hydroxylation sites is 1. The van der Waals surface area contributed by atoms with E-state index in [1.165, 1.54) is 12.1 Å². The van der Waals surface area contributed by atoms with Crippen molar-refractivity contribution in [3.63, 3.8) is 0 Å². The van der Waals surface area contributed by atoms with Crippen molar-refractivity contribution in [2.24, 2.45) is 0 Å². The van der Waals surface area contributed by atoms with Crippen molar-refractivity contribution in [2.45, 2.75) is 0 Å². The zero-order chi connectivity index (χ0) is 12.5. The van der Waals surface area contributed by atoms with E-state index < -0.39 is 4.92 Å². The van der Waals surface area contributed by atoms with Crippen LogP contribution in [0.15, 0.2) is 53.1 Å². The lowest BCUT2D eigenvalue weighted by Gasteiger charge is -1.96. The molecule has 0 aliphatic heterocycles. The highest BCUT2D eigenvalue weighted by Gasteiger charge is 2.12. The van der Waals surface area contributed by atoms with Crippen LogP contribution >= 0.6 is 0 Å². The molecule has 0 bridgehead atoms. The Morgan fingerprint density at radius 1 is 1.11 bits per heavy atom. The summed E-state index contributed by atoms with van der Waals surface area (Å²) in [5, 5.41) is 15.6. The number of hydrogen-bond acceptors (Lipinski definition) is 4. The summed E-state index contributed by atoms with van der Waals surface area (Å²) in [5.74, 6) is 0. The molecule has 0 fully saturated rings. The van der Waals surface area contributed by atoms with Gasteiger partial charge in [0, 0.05) is 23.1 Å². The number of non-ortho nitro benzene ring substituents is 1. The number of nitro benzene ring substituents is 1. The Labute approximate surface area is 102 Å². The number of nitro groups is 1. The molecule has 18 heavy (non-hydrogen) atoms. The third kappa shape index (κ3) is 1.62. The number of aromatic nitrogens is 1. The van der Waals surface area contributed by atoms with Crippen molar-refractivity contribution < 1.29 is 9.45 Å². The summed E-state index contributed by atoms with van der Waals surface area (Å²) >= 11 is 0. The number of fused-ring (bicyclic) bond motifs is 1. The first-order chi connectivity index (χ1) is 8.75. The molecule has 0 radical (unpaired) electrons. The lowest BCUT2D eigenvalue weighted by Crippen LogP contribution is -1.88. The molecule has 1 heterocycles. The summed E-state index contributed by atoms with van der Waals surface area (Å²) in [6, 6.07) is 13.8. The molecule has 88 valence electrons. The lowest BCUT2D eigenvalue weighted by molar-refractivity contribution is -0.384. The molecule has 3 aromatic rings. The van der Waals surface area contributed by atoms with E-state index >= 15 is 0 Å². The predicted molar refractivity (Wildman–Crippen MR) is 66.1 cm³/mol. The van der Waals surface area contributed by atoms with Crippen LogP contribution in [-0.2, 0) is 0 Å². The molecule has 0 amide bonds. The van der Waals surface area contributed by atoms with Gasteiger partial charge in [0.05, 0.1) is 4.92 Å².